The molecule has 76 heavy (non-hydrogen) atoms. The fraction of sp³-hybridized carbons (Fsp3) is 0.814. The van der Waals surface area contributed by atoms with Crippen molar-refractivity contribution in [2.45, 2.75) is 354 Å². The minimum absolute atomic E-state index is 0.0830. The van der Waals surface area contributed by atoms with Crippen LogP contribution in [0.5, 0.6) is 0 Å². The number of rotatable bonds is 61. The first kappa shape index (κ1) is 73.1. The van der Waals surface area contributed by atoms with Crippen molar-refractivity contribution in [1.29, 1.82) is 0 Å². The van der Waals surface area contributed by atoms with Gasteiger partial charge in [0.1, 0.15) is 13.2 Å². The van der Waals surface area contributed by atoms with Crippen molar-refractivity contribution >= 4 is 17.9 Å². The van der Waals surface area contributed by atoms with E-state index in [2.05, 4.69) is 81.5 Å². The average Bonchev–Trinajstić information content (AvgIpc) is 3.42. The molecule has 1 unspecified atom stereocenters. The van der Waals surface area contributed by atoms with Gasteiger partial charge in [-0.3, -0.25) is 14.4 Å². The van der Waals surface area contributed by atoms with Crippen LogP contribution >= 0.6 is 0 Å². The second-order valence-corrected chi connectivity index (χ2v) is 22.4. The molecule has 0 N–H and O–H groups in total. The fourth-order valence-electron chi connectivity index (χ4n) is 9.79. The van der Waals surface area contributed by atoms with E-state index in [1.54, 1.807) is 0 Å². The number of hydrogen-bond donors (Lipinski definition) is 0. The number of ether oxygens (including phenoxy) is 3. The van der Waals surface area contributed by atoms with E-state index in [4.69, 9.17) is 14.2 Å². The number of carbonyl (C=O) groups excluding carboxylic acids is 3. The summed E-state index contributed by atoms with van der Waals surface area (Å²) in [6.07, 6.45) is 82.5. The van der Waals surface area contributed by atoms with E-state index >= 15 is 0 Å². The predicted molar refractivity (Wildman–Crippen MR) is 330 cm³/mol. The van der Waals surface area contributed by atoms with Crippen LogP contribution in [0.25, 0.3) is 0 Å². The Morgan fingerprint density at radius 2 is 0.513 bits per heavy atom. The molecule has 0 aromatic heterocycles. The molecule has 0 heterocycles. The monoisotopic (exact) mass is 1060 g/mol. The Labute approximate surface area is 472 Å². The van der Waals surface area contributed by atoms with Crippen LogP contribution in [0.3, 0.4) is 0 Å². The molecule has 0 aliphatic carbocycles. The first-order valence-electron chi connectivity index (χ1n) is 33.3. The Bertz CT molecular complexity index is 1360. The molecule has 0 aromatic carbocycles. The molecule has 0 amide bonds. The van der Waals surface area contributed by atoms with Crippen molar-refractivity contribution in [3.63, 3.8) is 0 Å². The highest BCUT2D eigenvalue weighted by atomic mass is 16.6. The first-order chi connectivity index (χ1) is 37.5. The van der Waals surface area contributed by atoms with Crippen LogP contribution in [0.2, 0.25) is 0 Å². The highest BCUT2D eigenvalue weighted by molar-refractivity contribution is 5.71. The predicted octanol–water partition coefficient (Wildman–Crippen LogP) is 22.7. The second-order valence-electron chi connectivity index (χ2n) is 22.4. The van der Waals surface area contributed by atoms with E-state index in [0.717, 1.165) is 116 Å². The molecular formula is C70H126O6. The van der Waals surface area contributed by atoms with E-state index < -0.39 is 6.10 Å². The van der Waals surface area contributed by atoms with Gasteiger partial charge in [-0.25, -0.2) is 0 Å². The van der Waals surface area contributed by atoms with Crippen LogP contribution in [0.15, 0.2) is 60.8 Å². The molecule has 6 nitrogen and oxygen atoms in total. The van der Waals surface area contributed by atoms with Gasteiger partial charge in [0.15, 0.2) is 6.10 Å². The lowest BCUT2D eigenvalue weighted by molar-refractivity contribution is -0.167. The van der Waals surface area contributed by atoms with Crippen molar-refractivity contribution in [2.24, 2.45) is 0 Å². The molecule has 0 bridgehead atoms. The van der Waals surface area contributed by atoms with E-state index in [1.807, 2.05) is 0 Å². The lowest BCUT2D eigenvalue weighted by atomic mass is 10.0. The lowest BCUT2D eigenvalue weighted by Crippen LogP contribution is -2.30. The molecule has 1 atom stereocenters. The number of allylic oxidation sites excluding steroid dienone is 10. The minimum Gasteiger partial charge on any atom is -0.462 e. The maximum absolute atomic E-state index is 12.9. The Morgan fingerprint density at radius 3 is 0.829 bits per heavy atom. The molecule has 0 saturated carbocycles. The first-order valence-corrected chi connectivity index (χ1v) is 33.3. The highest BCUT2D eigenvalue weighted by Gasteiger charge is 2.19. The van der Waals surface area contributed by atoms with Crippen molar-refractivity contribution < 1.29 is 28.6 Å². The van der Waals surface area contributed by atoms with Crippen LogP contribution < -0.4 is 0 Å². The Morgan fingerprint density at radius 1 is 0.276 bits per heavy atom. The zero-order valence-electron chi connectivity index (χ0n) is 50.8. The smallest absolute Gasteiger partial charge is 0.306 e. The van der Waals surface area contributed by atoms with Gasteiger partial charge in [0.05, 0.1) is 0 Å². The van der Waals surface area contributed by atoms with Gasteiger partial charge in [-0.05, 0) is 83.5 Å². The third-order valence-corrected chi connectivity index (χ3v) is 14.8. The van der Waals surface area contributed by atoms with Crippen LogP contribution in [0, 0.1) is 0 Å². The van der Waals surface area contributed by atoms with Crippen LogP contribution in [0.1, 0.15) is 348 Å². The van der Waals surface area contributed by atoms with E-state index in [1.165, 1.54) is 193 Å². The summed E-state index contributed by atoms with van der Waals surface area (Å²) in [5, 5.41) is 0. The standard InChI is InChI=1S/C70H126O6/c1-4-7-10-13-16-19-22-25-28-29-30-31-32-33-34-35-36-37-38-39-40-43-45-48-51-54-57-60-63-69(72)75-66-67(76-70(73)64-61-58-55-52-49-46-42-27-24-21-18-15-12-9-6-3)65-74-68(71)62-59-56-53-50-47-44-41-26-23-20-17-14-11-8-5-2/h9,12,17-18,20-21,26-27,41-42,67H,4-8,10-11,13-16,19,22-25,28-40,43-66H2,1-3H3/b12-9-,20-17-,21-18-,41-26-,42-27-. The van der Waals surface area contributed by atoms with Crippen molar-refractivity contribution in [2.75, 3.05) is 13.2 Å². The molecule has 0 saturated heterocycles. The van der Waals surface area contributed by atoms with Crippen molar-refractivity contribution in [1.82, 2.24) is 0 Å². The van der Waals surface area contributed by atoms with Gasteiger partial charge < -0.3 is 14.2 Å². The topological polar surface area (TPSA) is 78.9 Å². The minimum atomic E-state index is -0.789. The summed E-state index contributed by atoms with van der Waals surface area (Å²) >= 11 is 0. The van der Waals surface area contributed by atoms with Gasteiger partial charge in [-0.1, -0.05) is 306 Å². The third-order valence-electron chi connectivity index (χ3n) is 14.8. The fourth-order valence-corrected chi connectivity index (χ4v) is 9.79. The molecule has 0 rings (SSSR count). The Hall–Kier alpha value is -2.89. The SMILES string of the molecule is CC/C=C\C/C=C\C/C=C\CCCCCCCC(=O)OC(COC(=O)CCCCCCC/C=C\C/C=C\CCCCC)COC(=O)CCCCCCCCCCCCCCCCCCCCCCCCCCCCCC. The number of hydrogen-bond acceptors (Lipinski definition) is 6. The summed E-state index contributed by atoms with van der Waals surface area (Å²) in [6.45, 7) is 6.53. The van der Waals surface area contributed by atoms with Gasteiger partial charge in [0.2, 0.25) is 0 Å². The number of esters is 3. The third kappa shape index (κ3) is 62.0. The lowest BCUT2D eigenvalue weighted by Gasteiger charge is -2.18. The van der Waals surface area contributed by atoms with Gasteiger partial charge >= 0.3 is 17.9 Å². The van der Waals surface area contributed by atoms with Gasteiger partial charge in [0, 0.05) is 19.3 Å². The van der Waals surface area contributed by atoms with Gasteiger partial charge in [-0.2, -0.15) is 0 Å². The molecule has 0 aromatic rings. The zero-order chi connectivity index (χ0) is 55.0. The van der Waals surface area contributed by atoms with Crippen LogP contribution in [-0.2, 0) is 28.6 Å². The second kappa shape index (κ2) is 64.6. The summed E-state index contributed by atoms with van der Waals surface area (Å²) in [6, 6.07) is 0. The van der Waals surface area contributed by atoms with E-state index in [-0.39, 0.29) is 31.1 Å². The van der Waals surface area contributed by atoms with Gasteiger partial charge in [0.25, 0.3) is 0 Å². The normalized spacial score (nSPS) is 12.4. The van der Waals surface area contributed by atoms with E-state index in [0.29, 0.717) is 19.3 Å². The summed E-state index contributed by atoms with van der Waals surface area (Å²) in [5.41, 5.74) is 0. The van der Waals surface area contributed by atoms with Crippen LogP contribution in [-0.4, -0.2) is 37.2 Å². The number of carbonyl (C=O) groups is 3. The molecule has 0 aliphatic heterocycles. The largest absolute Gasteiger partial charge is 0.462 e. The molecule has 6 heteroatoms. The van der Waals surface area contributed by atoms with E-state index in [9.17, 15) is 14.4 Å². The molecule has 0 radical (unpaired) electrons. The zero-order valence-corrected chi connectivity index (χ0v) is 50.8. The molecule has 442 valence electrons. The molecule has 0 fully saturated rings. The van der Waals surface area contributed by atoms with Crippen LogP contribution in [0.4, 0.5) is 0 Å². The molecule has 0 spiro atoms. The average molecular weight is 1060 g/mol. The maximum atomic E-state index is 12.9. The molecular weight excluding hydrogens is 937 g/mol. The summed E-state index contributed by atoms with van der Waals surface area (Å²) in [5.74, 6) is -0.897. The van der Waals surface area contributed by atoms with Crippen molar-refractivity contribution in [3.05, 3.63) is 60.8 Å². The van der Waals surface area contributed by atoms with Gasteiger partial charge in [-0.15, -0.1) is 0 Å². The summed E-state index contributed by atoms with van der Waals surface area (Å²) in [4.78, 5) is 38.3. The summed E-state index contributed by atoms with van der Waals surface area (Å²) in [7, 11) is 0. The molecule has 0 aliphatic rings. The Balaban J connectivity index is 4.22. The summed E-state index contributed by atoms with van der Waals surface area (Å²) < 4.78 is 16.9. The Kier molecular flexibility index (Phi) is 62.2. The highest BCUT2D eigenvalue weighted by Crippen LogP contribution is 2.18. The number of unbranched alkanes of at least 4 members (excludes halogenated alkanes) is 40. The van der Waals surface area contributed by atoms with Crippen molar-refractivity contribution in [3.8, 4) is 0 Å². The quantitative estimate of drug-likeness (QED) is 0.0261. The maximum Gasteiger partial charge on any atom is 0.306 e.